The molecule has 0 aromatic heterocycles. The highest BCUT2D eigenvalue weighted by Gasteiger charge is 2.29. The van der Waals surface area contributed by atoms with E-state index >= 15 is 0 Å². The highest BCUT2D eigenvalue weighted by Crippen LogP contribution is 2.29. The summed E-state index contributed by atoms with van der Waals surface area (Å²) in [6.07, 6.45) is 1.33. The molecule has 0 bridgehead atoms. The van der Waals surface area contributed by atoms with Gasteiger partial charge in [-0.25, -0.2) is 0 Å². The first-order chi connectivity index (χ1) is 15.3. The summed E-state index contributed by atoms with van der Waals surface area (Å²) in [4.78, 5) is 27.6. The molecule has 174 valence electrons. The Morgan fingerprint density at radius 3 is 2.38 bits per heavy atom. The molecule has 0 radical (unpaired) electrons. The Balaban J connectivity index is 2.20. The molecule has 0 heterocycles. The van der Waals surface area contributed by atoms with Crippen molar-refractivity contribution in [3.05, 3.63) is 63.1 Å². The van der Waals surface area contributed by atoms with Gasteiger partial charge in [-0.3, -0.25) is 9.59 Å². The third-order valence-electron chi connectivity index (χ3n) is 5.18. The standard InChI is InChI=1S/C25H32BrClN2O3/c1-5-13-28-25(31)22(6-2)29(15-18-7-10-20(27)11-8-18)24(30)16-32-23-12-9-19(17(3)4)14-21(23)26/h7-12,14,17,22H,5-6,13,15-16H2,1-4H3,(H,28,31)/t22-/m0/s1. The van der Waals surface area contributed by atoms with Crippen molar-refractivity contribution in [3.8, 4) is 5.75 Å². The molecule has 32 heavy (non-hydrogen) atoms. The van der Waals surface area contributed by atoms with E-state index < -0.39 is 6.04 Å². The molecule has 0 saturated heterocycles. The van der Waals surface area contributed by atoms with Crippen LogP contribution in [0.25, 0.3) is 0 Å². The molecular weight excluding hydrogens is 492 g/mol. The molecule has 5 nitrogen and oxygen atoms in total. The second-order valence-corrected chi connectivity index (χ2v) is 9.29. The number of benzene rings is 2. The molecule has 7 heteroatoms. The molecular formula is C25H32BrClN2O3. The van der Waals surface area contributed by atoms with E-state index in [0.717, 1.165) is 16.5 Å². The lowest BCUT2D eigenvalue weighted by Crippen LogP contribution is -2.50. The van der Waals surface area contributed by atoms with Crippen LogP contribution in [0.1, 0.15) is 57.6 Å². The minimum absolute atomic E-state index is 0.154. The molecule has 0 aliphatic heterocycles. The zero-order valence-electron chi connectivity index (χ0n) is 19.2. The van der Waals surface area contributed by atoms with Crippen LogP contribution in [0.3, 0.4) is 0 Å². The van der Waals surface area contributed by atoms with Crippen LogP contribution in [-0.2, 0) is 16.1 Å². The second-order valence-electron chi connectivity index (χ2n) is 8.00. The predicted octanol–water partition coefficient (Wildman–Crippen LogP) is 5.94. The lowest BCUT2D eigenvalue weighted by Gasteiger charge is -2.30. The summed E-state index contributed by atoms with van der Waals surface area (Å²) in [6, 6.07) is 12.6. The number of carbonyl (C=O) groups is 2. The SMILES string of the molecule is CCCNC(=O)[C@H](CC)N(Cc1ccc(Cl)cc1)C(=O)COc1ccc(C(C)C)cc1Br. The Hall–Kier alpha value is -2.05. The average Bonchev–Trinajstić information content (AvgIpc) is 2.77. The normalized spacial score (nSPS) is 11.8. The second kappa shape index (κ2) is 12.9. The van der Waals surface area contributed by atoms with Crippen LogP contribution in [0.5, 0.6) is 5.75 Å². The van der Waals surface area contributed by atoms with Crippen LogP contribution in [0, 0.1) is 0 Å². The largest absolute Gasteiger partial charge is 0.483 e. The van der Waals surface area contributed by atoms with Gasteiger partial charge in [0.1, 0.15) is 11.8 Å². The fraction of sp³-hybridized carbons (Fsp3) is 0.440. The molecule has 1 N–H and O–H groups in total. The summed E-state index contributed by atoms with van der Waals surface area (Å²) in [7, 11) is 0. The maximum Gasteiger partial charge on any atom is 0.261 e. The number of hydrogen-bond acceptors (Lipinski definition) is 3. The minimum Gasteiger partial charge on any atom is -0.483 e. The first-order valence-corrected chi connectivity index (χ1v) is 12.2. The molecule has 0 aliphatic rings. The third-order valence-corrected chi connectivity index (χ3v) is 6.05. The maximum atomic E-state index is 13.2. The average molecular weight is 524 g/mol. The zero-order valence-corrected chi connectivity index (χ0v) is 21.5. The Morgan fingerprint density at radius 1 is 1.12 bits per heavy atom. The number of ether oxygens (including phenoxy) is 1. The third kappa shape index (κ3) is 7.52. The van der Waals surface area contributed by atoms with Crippen molar-refractivity contribution in [2.45, 2.75) is 59.0 Å². The summed E-state index contributed by atoms with van der Waals surface area (Å²) >= 11 is 9.53. The molecule has 1 atom stereocenters. The van der Waals surface area contributed by atoms with Crippen molar-refractivity contribution >= 4 is 39.3 Å². The summed E-state index contributed by atoms with van der Waals surface area (Å²) in [5.74, 6) is 0.582. The van der Waals surface area contributed by atoms with Gasteiger partial charge in [0.25, 0.3) is 5.91 Å². The monoisotopic (exact) mass is 522 g/mol. The lowest BCUT2D eigenvalue weighted by atomic mass is 10.0. The van der Waals surface area contributed by atoms with Gasteiger partial charge in [-0.05, 0) is 70.1 Å². The van der Waals surface area contributed by atoms with Crippen molar-refractivity contribution in [1.82, 2.24) is 10.2 Å². The number of carbonyl (C=O) groups excluding carboxylic acids is 2. The van der Waals surface area contributed by atoms with Gasteiger partial charge in [0.2, 0.25) is 5.91 Å². The molecule has 2 amide bonds. The number of amides is 2. The van der Waals surface area contributed by atoms with Gasteiger partial charge >= 0.3 is 0 Å². The van der Waals surface area contributed by atoms with Crippen LogP contribution < -0.4 is 10.1 Å². The molecule has 2 aromatic rings. The van der Waals surface area contributed by atoms with E-state index in [0.29, 0.717) is 36.2 Å². The summed E-state index contributed by atoms with van der Waals surface area (Å²) < 4.78 is 6.64. The first-order valence-electron chi connectivity index (χ1n) is 11.0. The Labute approximate surface area is 204 Å². The highest BCUT2D eigenvalue weighted by molar-refractivity contribution is 9.10. The molecule has 0 unspecified atom stereocenters. The van der Waals surface area contributed by atoms with Gasteiger partial charge in [-0.1, -0.05) is 57.5 Å². The highest BCUT2D eigenvalue weighted by atomic mass is 79.9. The smallest absolute Gasteiger partial charge is 0.261 e. The number of nitrogens with one attached hydrogen (secondary N) is 1. The molecule has 0 fully saturated rings. The van der Waals surface area contributed by atoms with Crippen molar-refractivity contribution in [2.75, 3.05) is 13.2 Å². The topological polar surface area (TPSA) is 58.6 Å². The fourth-order valence-corrected chi connectivity index (χ4v) is 3.92. The van der Waals surface area contributed by atoms with Crippen LogP contribution in [0.4, 0.5) is 0 Å². The molecule has 2 rings (SSSR count). The van der Waals surface area contributed by atoms with Crippen LogP contribution in [0.2, 0.25) is 5.02 Å². The maximum absolute atomic E-state index is 13.2. The molecule has 2 aromatic carbocycles. The van der Waals surface area contributed by atoms with Gasteiger partial charge in [0.05, 0.1) is 4.47 Å². The molecule has 0 aliphatic carbocycles. The Morgan fingerprint density at radius 2 is 1.81 bits per heavy atom. The van der Waals surface area contributed by atoms with E-state index in [1.807, 2.05) is 44.2 Å². The van der Waals surface area contributed by atoms with Gasteiger partial charge in [0.15, 0.2) is 6.61 Å². The van der Waals surface area contributed by atoms with E-state index in [2.05, 4.69) is 35.1 Å². The summed E-state index contributed by atoms with van der Waals surface area (Å²) in [5, 5.41) is 3.53. The van der Waals surface area contributed by atoms with E-state index in [9.17, 15) is 9.59 Å². The van der Waals surface area contributed by atoms with E-state index in [-0.39, 0.29) is 18.4 Å². The van der Waals surface area contributed by atoms with Crippen molar-refractivity contribution in [1.29, 1.82) is 0 Å². The van der Waals surface area contributed by atoms with Gasteiger partial charge in [-0.2, -0.15) is 0 Å². The first kappa shape index (κ1) is 26.2. The number of hydrogen-bond donors (Lipinski definition) is 1. The van der Waals surface area contributed by atoms with Gasteiger partial charge in [-0.15, -0.1) is 0 Å². The van der Waals surface area contributed by atoms with Crippen LogP contribution in [-0.4, -0.2) is 35.9 Å². The molecule has 0 spiro atoms. The molecule has 0 saturated carbocycles. The summed E-state index contributed by atoms with van der Waals surface area (Å²) in [6.45, 7) is 8.85. The van der Waals surface area contributed by atoms with Gasteiger partial charge < -0.3 is 15.0 Å². The van der Waals surface area contributed by atoms with Gasteiger partial charge in [0, 0.05) is 18.1 Å². The number of rotatable bonds is 11. The fourth-order valence-electron chi connectivity index (χ4n) is 3.29. The zero-order chi connectivity index (χ0) is 23.7. The lowest BCUT2D eigenvalue weighted by molar-refractivity contribution is -0.143. The summed E-state index contributed by atoms with van der Waals surface area (Å²) in [5.41, 5.74) is 2.07. The van der Waals surface area contributed by atoms with Crippen molar-refractivity contribution in [3.63, 3.8) is 0 Å². The van der Waals surface area contributed by atoms with E-state index in [1.165, 1.54) is 5.56 Å². The Kier molecular flexibility index (Phi) is 10.5. The minimum atomic E-state index is -0.583. The van der Waals surface area contributed by atoms with Crippen LogP contribution >= 0.6 is 27.5 Å². The van der Waals surface area contributed by atoms with Crippen molar-refractivity contribution < 1.29 is 14.3 Å². The van der Waals surface area contributed by atoms with E-state index in [1.54, 1.807) is 17.0 Å². The number of halogens is 2. The number of nitrogens with zero attached hydrogens (tertiary/aromatic N) is 1. The van der Waals surface area contributed by atoms with E-state index in [4.69, 9.17) is 16.3 Å². The Bertz CT molecular complexity index is 903. The van der Waals surface area contributed by atoms with Crippen LogP contribution in [0.15, 0.2) is 46.9 Å². The quantitative estimate of drug-likeness (QED) is 0.397. The van der Waals surface area contributed by atoms with Crippen molar-refractivity contribution in [2.24, 2.45) is 0 Å². The predicted molar refractivity (Wildman–Crippen MR) is 133 cm³/mol.